The number of fused-ring (bicyclic) bond motifs is 1. The van der Waals surface area contributed by atoms with Crippen molar-refractivity contribution >= 4 is 38.6 Å². The van der Waals surface area contributed by atoms with Crippen molar-refractivity contribution in [3.8, 4) is 0 Å². The molecule has 4 heteroatoms. The third-order valence-electron chi connectivity index (χ3n) is 1.67. The maximum absolute atomic E-state index is 6.02. The topological polar surface area (TPSA) is 28.7 Å². The summed E-state index contributed by atoms with van der Waals surface area (Å²) in [7, 11) is 0. The lowest BCUT2D eigenvalue weighted by atomic mass is 10.3. The summed E-state index contributed by atoms with van der Waals surface area (Å²) in [5.41, 5.74) is 1.80. The molecule has 1 N–H and O–H groups in total. The number of nitrogens with zero attached hydrogens (tertiary/aromatic N) is 1. The second-order valence-corrected chi connectivity index (χ2v) is 3.81. The normalized spacial score (nSPS) is 10.9. The number of rotatable bonds is 0. The predicted molar refractivity (Wildman–Crippen MR) is 53.5 cm³/mol. The summed E-state index contributed by atoms with van der Waals surface area (Å²) < 4.78 is 0.889. The molecule has 0 aliphatic heterocycles. The Kier molecular flexibility index (Phi) is 1.85. The van der Waals surface area contributed by atoms with Gasteiger partial charge in [-0.2, -0.15) is 0 Å². The molecule has 0 radical (unpaired) electrons. The lowest BCUT2D eigenvalue weighted by Crippen LogP contribution is -1.73. The lowest BCUT2D eigenvalue weighted by Gasteiger charge is -1.94. The van der Waals surface area contributed by atoms with Crippen LogP contribution in [0, 0.1) is 6.92 Å². The Morgan fingerprint density at radius 1 is 1.50 bits per heavy atom. The lowest BCUT2D eigenvalue weighted by molar-refractivity contribution is 1.17. The number of halogens is 2. The van der Waals surface area contributed by atoms with Crippen LogP contribution in [0.2, 0.25) is 5.02 Å². The molecular weight excluding hydrogens is 239 g/mol. The van der Waals surface area contributed by atoms with Crippen LogP contribution >= 0.6 is 27.5 Å². The highest BCUT2D eigenvalue weighted by Crippen LogP contribution is 2.29. The molecule has 0 bridgehead atoms. The first kappa shape index (κ1) is 8.08. The maximum Gasteiger partial charge on any atom is 0.104 e. The first-order valence-electron chi connectivity index (χ1n) is 3.49. The highest BCUT2D eigenvalue weighted by molar-refractivity contribution is 9.10. The van der Waals surface area contributed by atoms with Crippen LogP contribution in [0.4, 0.5) is 0 Å². The van der Waals surface area contributed by atoms with Crippen molar-refractivity contribution in [2.45, 2.75) is 6.92 Å². The van der Waals surface area contributed by atoms with Crippen LogP contribution in [0.3, 0.4) is 0 Å². The summed E-state index contributed by atoms with van der Waals surface area (Å²) in [6.07, 6.45) is 0. The second kappa shape index (κ2) is 2.75. The Balaban J connectivity index is 2.89. The van der Waals surface area contributed by atoms with Crippen molar-refractivity contribution in [2.75, 3.05) is 0 Å². The summed E-state index contributed by atoms with van der Waals surface area (Å²) in [4.78, 5) is 7.35. The number of aryl methyl sites for hydroxylation is 1. The molecule has 0 spiro atoms. The number of H-pyrrole nitrogens is 1. The molecule has 0 aliphatic carbocycles. The fourth-order valence-corrected chi connectivity index (χ4v) is 1.68. The van der Waals surface area contributed by atoms with Gasteiger partial charge in [0.1, 0.15) is 5.82 Å². The average molecular weight is 246 g/mol. The molecule has 0 saturated heterocycles. The standard InChI is InChI=1S/C8H6BrClN2/c1-4-11-6-3-2-5(9)7(10)8(6)12-4/h2-3H,1H3,(H,11,12). The zero-order valence-corrected chi connectivity index (χ0v) is 8.70. The van der Waals surface area contributed by atoms with Gasteiger partial charge in [0.25, 0.3) is 0 Å². The average Bonchev–Trinajstić information content (AvgIpc) is 2.39. The van der Waals surface area contributed by atoms with Crippen LogP contribution in [0.1, 0.15) is 5.82 Å². The number of imidazole rings is 1. The predicted octanol–water partition coefficient (Wildman–Crippen LogP) is 3.29. The molecule has 1 heterocycles. The van der Waals surface area contributed by atoms with E-state index in [-0.39, 0.29) is 0 Å². The van der Waals surface area contributed by atoms with Crippen LogP contribution in [0.15, 0.2) is 16.6 Å². The zero-order chi connectivity index (χ0) is 8.72. The third kappa shape index (κ3) is 1.13. The van der Waals surface area contributed by atoms with E-state index in [1.54, 1.807) is 0 Å². The molecule has 2 nitrogen and oxygen atoms in total. The molecule has 0 amide bonds. The Bertz CT molecular complexity index is 436. The van der Waals surface area contributed by atoms with Gasteiger partial charge in [-0.25, -0.2) is 4.98 Å². The number of aromatic amines is 1. The highest BCUT2D eigenvalue weighted by Gasteiger charge is 2.05. The van der Waals surface area contributed by atoms with Crippen LogP contribution < -0.4 is 0 Å². The first-order chi connectivity index (χ1) is 5.68. The van der Waals surface area contributed by atoms with Crippen molar-refractivity contribution < 1.29 is 0 Å². The van der Waals surface area contributed by atoms with Crippen LogP contribution in [0.5, 0.6) is 0 Å². The van der Waals surface area contributed by atoms with Crippen LogP contribution in [0.25, 0.3) is 11.0 Å². The number of benzene rings is 1. The van der Waals surface area contributed by atoms with Gasteiger partial charge in [0.15, 0.2) is 0 Å². The smallest absolute Gasteiger partial charge is 0.104 e. The maximum atomic E-state index is 6.02. The Morgan fingerprint density at radius 2 is 2.25 bits per heavy atom. The van der Waals surface area contributed by atoms with E-state index in [2.05, 4.69) is 25.9 Å². The molecule has 0 aliphatic rings. The van der Waals surface area contributed by atoms with Gasteiger partial charge >= 0.3 is 0 Å². The quantitative estimate of drug-likeness (QED) is 0.758. The number of hydrogen-bond acceptors (Lipinski definition) is 1. The van der Waals surface area contributed by atoms with E-state index >= 15 is 0 Å². The molecule has 1 aromatic heterocycles. The molecule has 0 atom stereocenters. The fourth-order valence-electron chi connectivity index (χ4n) is 1.14. The van der Waals surface area contributed by atoms with Gasteiger partial charge in [0.05, 0.1) is 16.1 Å². The van der Waals surface area contributed by atoms with Gasteiger partial charge in [-0.05, 0) is 35.0 Å². The van der Waals surface area contributed by atoms with E-state index in [1.807, 2.05) is 19.1 Å². The molecule has 1 aromatic carbocycles. The summed E-state index contributed by atoms with van der Waals surface area (Å²) in [5.74, 6) is 0.880. The van der Waals surface area contributed by atoms with Crippen LogP contribution in [-0.4, -0.2) is 9.97 Å². The number of nitrogens with one attached hydrogen (secondary N) is 1. The summed E-state index contributed by atoms with van der Waals surface area (Å²) in [6, 6.07) is 3.82. The third-order valence-corrected chi connectivity index (χ3v) is 2.95. The van der Waals surface area contributed by atoms with Gasteiger partial charge in [-0.3, -0.25) is 0 Å². The molecule has 0 saturated carbocycles. The SMILES string of the molecule is Cc1nc2ccc(Br)c(Cl)c2[nH]1. The molecule has 2 aromatic rings. The van der Waals surface area contributed by atoms with Gasteiger partial charge in [0.2, 0.25) is 0 Å². The second-order valence-electron chi connectivity index (χ2n) is 2.58. The summed E-state index contributed by atoms with van der Waals surface area (Å²) in [5, 5.41) is 0.688. The van der Waals surface area contributed by atoms with Crippen molar-refractivity contribution in [1.29, 1.82) is 0 Å². The zero-order valence-electron chi connectivity index (χ0n) is 6.36. The van der Waals surface area contributed by atoms with E-state index in [9.17, 15) is 0 Å². The fraction of sp³-hybridized carbons (Fsp3) is 0.125. The van der Waals surface area contributed by atoms with E-state index in [4.69, 9.17) is 11.6 Å². The van der Waals surface area contributed by atoms with E-state index in [0.29, 0.717) is 5.02 Å². The van der Waals surface area contributed by atoms with Crippen molar-refractivity contribution in [1.82, 2.24) is 9.97 Å². The van der Waals surface area contributed by atoms with E-state index in [1.165, 1.54) is 0 Å². The molecular formula is C8H6BrClN2. The monoisotopic (exact) mass is 244 g/mol. The summed E-state index contributed by atoms with van der Waals surface area (Å²) >= 11 is 9.37. The minimum Gasteiger partial charge on any atom is -0.341 e. The minimum atomic E-state index is 0.688. The van der Waals surface area contributed by atoms with E-state index in [0.717, 1.165) is 21.3 Å². The van der Waals surface area contributed by atoms with Gasteiger partial charge < -0.3 is 4.98 Å². The molecule has 2 rings (SSSR count). The molecule has 0 unspecified atom stereocenters. The largest absolute Gasteiger partial charge is 0.341 e. The summed E-state index contributed by atoms with van der Waals surface area (Å²) in [6.45, 7) is 1.91. The van der Waals surface area contributed by atoms with Crippen LogP contribution in [-0.2, 0) is 0 Å². The van der Waals surface area contributed by atoms with Gasteiger partial charge in [-0.15, -0.1) is 0 Å². The Hall–Kier alpha value is -0.540. The van der Waals surface area contributed by atoms with Gasteiger partial charge in [-0.1, -0.05) is 11.6 Å². The van der Waals surface area contributed by atoms with Crippen molar-refractivity contribution in [3.05, 3.63) is 27.5 Å². The van der Waals surface area contributed by atoms with Crippen molar-refractivity contribution in [2.24, 2.45) is 0 Å². The number of aromatic nitrogens is 2. The van der Waals surface area contributed by atoms with E-state index < -0.39 is 0 Å². The first-order valence-corrected chi connectivity index (χ1v) is 4.66. The number of hydrogen-bond donors (Lipinski definition) is 1. The Labute approximate surface area is 83.1 Å². The van der Waals surface area contributed by atoms with Gasteiger partial charge in [0, 0.05) is 4.47 Å². The molecule has 12 heavy (non-hydrogen) atoms. The Morgan fingerprint density at radius 3 is 3.00 bits per heavy atom. The van der Waals surface area contributed by atoms with Crippen molar-refractivity contribution in [3.63, 3.8) is 0 Å². The highest BCUT2D eigenvalue weighted by atomic mass is 79.9. The minimum absolute atomic E-state index is 0.688. The molecule has 62 valence electrons. The molecule has 0 fully saturated rings.